The summed E-state index contributed by atoms with van der Waals surface area (Å²) in [6.45, 7) is 8.86. The molecule has 0 saturated heterocycles. The molecule has 5 rings (SSSR count). The normalized spacial score (nSPS) is 15.1. The molecule has 2 aromatic carbocycles. The Bertz CT molecular complexity index is 1470. The molecule has 3 heterocycles. The zero-order chi connectivity index (χ0) is 24.7. The summed E-state index contributed by atoms with van der Waals surface area (Å²) in [4.78, 5) is 31.6. The number of carbonyl (C=O) groups excluding carboxylic acids is 2. The number of H-pyrrole nitrogens is 1. The Labute approximate surface area is 204 Å². The van der Waals surface area contributed by atoms with Gasteiger partial charge >= 0.3 is 0 Å². The predicted octanol–water partition coefficient (Wildman–Crippen LogP) is 3.70. The number of nitrogens with one attached hydrogen (secondary N) is 2. The third-order valence-corrected chi connectivity index (χ3v) is 6.87. The van der Waals surface area contributed by atoms with Crippen LogP contribution in [0.15, 0.2) is 54.9 Å². The number of aromatic nitrogens is 2. The molecule has 1 unspecified atom stereocenters. The van der Waals surface area contributed by atoms with Gasteiger partial charge in [-0.25, -0.2) is 0 Å². The van der Waals surface area contributed by atoms with Gasteiger partial charge in [0.05, 0.1) is 17.3 Å². The largest absolute Gasteiger partial charge is 0.390 e. The summed E-state index contributed by atoms with van der Waals surface area (Å²) < 4.78 is 1.99. The lowest BCUT2D eigenvalue weighted by molar-refractivity contribution is -0.122. The van der Waals surface area contributed by atoms with Crippen molar-refractivity contribution in [2.75, 3.05) is 19.6 Å². The number of hydrogen-bond acceptors (Lipinski definition) is 4. The standard InChI is InChI=1S/C28H30N4O3/c1-4-31(5-2)14-18(33)15-32-16-22(20-12-17(3)10-11-24(20)32)26-25(27(34)30-28(26)35)21-13-29-23-9-7-6-8-19(21)23/h6-13,16,18,29,33H,4-5,14-15H2,1-3H3,(H,30,34,35). The van der Waals surface area contributed by atoms with Crippen LogP contribution in [0.4, 0.5) is 0 Å². The average Bonchev–Trinajstić information content (AvgIpc) is 3.50. The van der Waals surface area contributed by atoms with Crippen LogP contribution in [0.3, 0.4) is 0 Å². The molecule has 0 radical (unpaired) electrons. The topological polar surface area (TPSA) is 90.4 Å². The van der Waals surface area contributed by atoms with Gasteiger partial charge < -0.3 is 19.6 Å². The Morgan fingerprint density at radius 1 is 0.971 bits per heavy atom. The van der Waals surface area contributed by atoms with E-state index in [2.05, 4.69) is 29.0 Å². The maximum atomic E-state index is 13.1. The molecule has 7 nitrogen and oxygen atoms in total. The Morgan fingerprint density at radius 3 is 2.43 bits per heavy atom. The highest BCUT2D eigenvalue weighted by atomic mass is 16.3. The molecule has 0 aliphatic carbocycles. The van der Waals surface area contributed by atoms with Gasteiger partial charge in [0, 0.05) is 58.4 Å². The Balaban J connectivity index is 1.67. The van der Waals surface area contributed by atoms with Gasteiger partial charge in [0.15, 0.2) is 0 Å². The molecule has 7 heteroatoms. The first-order valence-electron chi connectivity index (χ1n) is 12.1. The van der Waals surface area contributed by atoms with Gasteiger partial charge in [-0.3, -0.25) is 14.9 Å². The number of aryl methyl sites for hydroxylation is 1. The van der Waals surface area contributed by atoms with Gasteiger partial charge in [0.1, 0.15) is 0 Å². The Hall–Kier alpha value is -3.68. The molecule has 4 aromatic rings. The van der Waals surface area contributed by atoms with Crippen molar-refractivity contribution in [3.05, 3.63) is 71.5 Å². The van der Waals surface area contributed by atoms with Crippen LogP contribution in [0.5, 0.6) is 0 Å². The quantitative estimate of drug-likeness (QED) is 0.343. The van der Waals surface area contributed by atoms with Gasteiger partial charge in [0.25, 0.3) is 11.8 Å². The zero-order valence-corrected chi connectivity index (χ0v) is 20.3. The zero-order valence-electron chi connectivity index (χ0n) is 20.3. The number of likely N-dealkylation sites (N-methyl/N-ethyl adjacent to an activating group) is 1. The van der Waals surface area contributed by atoms with Crippen molar-refractivity contribution >= 4 is 44.8 Å². The number of nitrogens with zero attached hydrogens (tertiary/aromatic N) is 2. The van der Waals surface area contributed by atoms with Crippen LogP contribution in [-0.2, 0) is 16.1 Å². The van der Waals surface area contributed by atoms with Crippen molar-refractivity contribution in [3.63, 3.8) is 0 Å². The number of aliphatic hydroxyl groups excluding tert-OH is 1. The van der Waals surface area contributed by atoms with E-state index in [-0.39, 0.29) is 0 Å². The number of fused-ring (bicyclic) bond motifs is 2. The minimum absolute atomic E-state index is 0.368. The SMILES string of the molecule is CCN(CC)CC(O)Cn1cc(C2=C(c3c[nH]c4ccccc34)C(=O)NC2=O)c2cc(C)ccc21. The second-order valence-electron chi connectivity index (χ2n) is 9.14. The first-order valence-corrected chi connectivity index (χ1v) is 12.1. The minimum Gasteiger partial charge on any atom is -0.390 e. The smallest absolute Gasteiger partial charge is 0.259 e. The first kappa shape index (κ1) is 23.1. The van der Waals surface area contributed by atoms with E-state index >= 15 is 0 Å². The summed E-state index contributed by atoms with van der Waals surface area (Å²) >= 11 is 0. The van der Waals surface area contributed by atoms with E-state index in [1.165, 1.54) is 0 Å². The summed E-state index contributed by atoms with van der Waals surface area (Å²) in [5.74, 6) is -0.801. The van der Waals surface area contributed by atoms with E-state index in [1.807, 2.05) is 60.2 Å². The molecule has 180 valence electrons. The van der Waals surface area contributed by atoms with Gasteiger partial charge in [-0.1, -0.05) is 43.7 Å². The number of aliphatic hydroxyl groups is 1. The lowest BCUT2D eigenvalue weighted by atomic mass is 9.95. The van der Waals surface area contributed by atoms with Crippen LogP contribution in [-0.4, -0.2) is 57.1 Å². The molecule has 2 amide bonds. The van der Waals surface area contributed by atoms with E-state index in [4.69, 9.17) is 0 Å². The number of amides is 2. The predicted molar refractivity (Wildman–Crippen MR) is 139 cm³/mol. The maximum absolute atomic E-state index is 13.1. The van der Waals surface area contributed by atoms with Crippen molar-refractivity contribution in [1.29, 1.82) is 0 Å². The van der Waals surface area contributed by atoms with E-state index < -0.39 is 17.9 Å². The Morgan fingerprint density at radius 2 is 1.69 bits per heavy atom. The molecule has 0 saturated carbocycles. The number of rotatable bonds is 8. The summed E-state index contributed by atoms with van der Waals surface area (Å²) in [5.41, 5.74) is 5.01. The van der Waals surface area contributed by atoms with E-state index in [1.54, 1.807) is 6.20 Å². The summed E-state index contributed by atoms with van der Waals surface area (Å²) in [5, 5.41) is 15.1. The molecular formula is C28H30N4O3. The number of imide groups is 1. The van der Waals surface area contributed by atoms with Crippen LogP contribution in [0, 0.1) is 6.92 Å². The number of carbonyl (C=O) groups is 2. The molecule has 0 fully saturated rings. The van der Waals surface area contributed by atoms with Gasteiger partial charge in [-0.2, -0.15) is 0 Å². The van der Waals surface area contributed by atoms with Crippen LogP contribution < -0.4 is 5.32 Å². The molecule has 35 heavy (non-hydrogen) atoms. The van der Waals surface area contributed by atoms with E-state index in [0.717, 1.165) is 40.5 Å². The van der Waals surface area contributed by atoms with Crippen molar-refractivity contribution in [2.24, 2.45) is 0 Å². The second-order valence-corrected chi connectivity index (χ2v) is 9.14. The minimum atomic E-state index is -0.569. The molecular weight excluding hydrogens is 440 g/mol. The van der Waals surface area contributed by atoms with Crippen molar-refractivity contribution < 1.29 is 14.7 Å². The third kappa shape index (κ3) is 4.07. The van der Waals surface area contributed by atoms with Crippen LogP contribution >= 0.6 is 0 Å². The lowest BCUT2D eigenvalue weighted by Gasteiger charge is -2.22. The highest BCUT2D eigenvalue weighted by Crippen LogP contribution is 2.38. The molecule has 2 aromatic heterocycles. The monoisotopic (exact) mass is 470 g/mol. The maximum Gasteiger partial charge on any atom is 0.259 e. The summed E-state index contributed by atoms with van der Waals surface area (Å²) in [7, 11) is 0. The second kappa shape index (κ2) is 9.17. The number of hydrogen-bond donors (Lipinski definition) is 3. The van der Waals surface area contributed by atoms with Crippen LogP contribution in [0.25, 0.3) is 33.0 Å². The van der Waals surface area contributed by atoms with Gasteiger partial charge in [0.2, 0.25) is 0 Å². The fourth-order valence-electron chi connectivity index (χ4n) is 5.07. The van der Waals surface area contributed by atoms with E-state index in [0.29, 0.717) is 35.4 Å². The average molecular weight is 471 g/mol. The van der Waals surface area contributed by atoms with E-state index in [9.17, 15) is 14.7 Å². The number of aromatic amines is 1. The molecule has 3 N–H and O–H groups in total. The first-order chi connectivity index (χ1) is 16.9. The van der Waals surface area contributed by atoms with Crippen LogP contribution in [0.2, 0.25) is 0 Å². The molecule has 0 spiro atoms. The van der Waals surface area contributed by atoms with Gasteiger partial charge in [-0.05, 0) is 38.2 Å². The van der Waals surface area contributed by atoms with Gasteiger partial charge in [-0.15, -0.1) is 0 Å². The molecule has 1 aliphatic rings. The number of benzene rings is 2. The molecule has 1 aliphatic heterocycles. The van der Waals surface area contributed by atoms with Crippen molar-refractivity contribution in [3.8, 4) is 0 Å². The van der Waals surface area contributed by atoms with Crippen molar-refractivity contribution in [2.45, 2.75) is 33.4 Å². The highest BCUT2D eigenvalue weighted by Gasteiger charge is 2.35. The molecule has 0 bridgehead atoms. The number of para-hydroxylation sites is 1. The lowest BCUT2D eigenvalue weighted by Crippen LogP contribution is -2.34. The van der Waals surface area contributed by atoms with Crippen molar-refractivity contribution in [1.82, 2.24) is 19.8 Å². The summed E-state index contributed by atoms with van der Waals surface area (Å²) in [6.07, 6.45) is 3.12. The highest BCUT2D eigenvalue weighted by molar-refractivity contribution is 6.50. The third-order valence-electron chi connectivity index (χ3n) is 6.87. The fourth-order valence-corrected chi connectivity index (χ4v) is 5.07. The fraction of sp³-hybridized carbons (Fsp3) is 0.286. The Kier molecular flexibility index (Phi) is 6.05. The van der Waals surface area contributed by atoms with Crippen LogP contribution in [0.1, 0.15) is 30.5 Å². The molecule has 1 atom stereocenters. The summed E-state index contributed by atoms with van der Waals surface area (Å²) in [6, 6.07) is 13.8.